The lowest BCUT2D eigenvalue weighted by atomic mass is 10.2. The Balaban J connectivity index is 2.05. The number of para-hydroxylation sites is 1. The van der Waals surface area contributed by atoms with Gasteiger partial charge in [-0.05, 0) is 43.4 Å². The average molecular weight is 375 g/mol. The monoisotopic (exact) mass is 375 g/mol. The van der Waals surface area contributed by atoms with Gasteiger partial charge in [0, 0.05) is 24.3 Å². The van der Waals surface area contributed by atoms with E-state index in [0.717, 1.165) is 19.6 Å². The maximum Gasteiger partial charge on any atom is 0.261 e. The highest BCUT2D eigenvalue weighted by atomic mass is 32.2. The second-order valence-electron chi connectivity index (χ2n) is 5.78. The van der Waals surface area contributed by atoms with Crippen molar-refractivity contribution in [3.8, 4) is 0 Å². The lowest BCUT2D eigenvalue weighted by molar-refractivity contribution is 0.0948. The van der Waals surface area contributed by atoms with Crippen molar-refractivity contribution in [2.75, 3.05) is 30.9 Å². The summed E-state index contributed by atoms with van der Waals surface area (Å²) in [6.07, 6.45) is 0. The second-order valence-corrected chi connectivity index (χ2v) is 7.46. The van der Waals surface area contributed by atoms with Gasteiger partial charge in [-0.1, -0.05) is 38.1 Å². The molecule has 2 aromatic carbocycles. The van der Waals surface area contributed by atoms with Crippen LogP contribution in [0.15, 0.2) is 59.5 Å². The minimum absolute atomic E-state index is 0.0535. The van der Waals surface area contributed by atoms with Gasteiger partial charge in [0.15, 0.2) is 0 Å². The van der Waals surface area contributed by atoms with Crippen LogP contribution in [0.5, 0.6) is 0 Å². The molecule has 0 aliphatic rings. The van der Waals surface area contributed by atoms with E-state index in [1.54, 1.807) is 42.5 Å². The number of rotatable bonds is 9. The molecule has 0 spiro atoms. The Morgan fingerprint density at radius 2 is 1.69 bits per heavy atom. The third kappa shape index (κ3) is 5.57. The van der Waals surface area contributed by atoms with Crippen LogP contribution >= 0.6 is 0 Å². The molecule has 26 heavy (non-hydrogen) atoms. The van der Waals surface area contributed by atoms with Gasteiger partial charge in [-0.15, -0.1) is 0 Å². The molecule has 0 fully saturated rings. The number of hydrogen-bond donors (Lipinski definition) is 2. The Hall–Kier alpha value is -2.38. The van der Waals surface area contributed by atoms with E-state index in [2.05, 4.69) is 28.8 Å². The fourth-order valence-corrected chi connectivity index (χ4v) is 3.60. The molecule has 0 heterocycles. The average Bonchev–Trinajstić information content (AvgIpc) is 2.65. The predicted molar refractivity (Wildman–Crippen MR) is 104 cm³/mol. The topological polar surface area (TPSA) is 78.5 Å². The van der Waals surface area contributed by atoms with Crippen molar-refractivity contribution in [3.63, 3.8) is 0 Å². The summed E-state index contributed by atoms with van der Waals surface area (Å²) in [5.74, 6) is -0.283. The molecule has 0 aliphatic carbocycles. The Kier molecular flexibility index (Phi) is 7.17. The molecule has 2 N–H and O–H groups in total. The van der Waals surface area contributed by atoms with E-state index in [9.17, 15) is 13.2 Å². The number of nitrogens with zero attached hydrogens (tertiary/aromatic N) is 1. The van der Waals surface area contributed by atoms with Gasteiger partial charge in [-0.3, -0.25) is 9.52 Å². The first-order valence-corrected chi connectivity index (χ1v) is 10.1. The largest absolute Gasteiger partial charge is 0.351 e. The number of likely N-dealkylation sites (N-methyl/N-ethyl adjacent to an activating group) is 1. The van der Waals surface area contributed by atoms with Crippen molar-refractivity contribution >= 4 is 21.6 Å². The summed E-state index contributed by atoms with van der Waals surface area (Å²) in [4.78, 5) is 14.5. The summed E-state index contributed by atoms with van der Waals surface area (Å²) in [5.41, 5.74) is 0.794. The van der Waals surface area contributed by atoms with Crippen molar-refractivity contribution in [1.29, 1.82) is 0 Å². The summed E-state index contributed by atoms with van der Waals surface area (Å²) < 4.78 is 27.5. The van der Waals surface area contributed by atoms with Crippen molar-refractivity contribution in [3.05, 3.63) is 60.2 Å². The van der Waals surface area contributed by atoms with Crippen LogP contribution in [0.2, 0.25) is 0 Å². The lowest BCUT2D eigenvalue weighted by Gasteiger charge is -2.18. The molecule has 2 rings (SSSR count). The molecule has 1 amide bonds. The van der Waals surface area contributed by atoms with Crippen LogP contribution in [0.4, 0.5) is 5.69 Å². The summed E-state index contributed by atoms with van der Waals surface area (Å²) in [7, 11) is -3.75. The van der Waals surface area contributed by atoms with Crippen LogP contribution in [0.25, 0.3) is 0 Å². The quantitative estimate of drug-likeness (QED) is 0.706. The molecular weight excluding hydrogens is 350 g/mol. The molecule has 2 aromatic rings. The van der Waals surface area contributed by atoms with Crippen LogP contribution in [0.1, 0.15) is 24.2 Å². The Bertz CT molecular complexity index is 819. The maximum atomic E-state index is 12.5. The second kappa shape index (κ2) is 9.35. The zero-order valence-corrected chi connectivity index (χ0v) is 15.9. The minimum atomic E-state index is -3.75. The molecule has 0 saturated heterocycles. The van der Waals surface area contributed by atoms with Crippen molar-refractivity contribution < 1.29 is 13.2 Å². The highest BCUT2D eigenvalue weighted by Crippen LogP contribution is 2.16. The first kappa shape index (κ1) is 19.9. The molecule has 0 bridgehead atoms. The van der Waals surface area contributed by atoms with Crippen LogP contribution in [0.3, 0.4) is 0 Å². The molecule has 7 heteroatoms. The van der Waals surface area contributed by atoms with Crippen LogP contribution in [-0.4, -0.2) is 45.4 Å². The summed E-state index contributed by atoms with van der Waals surface area (Å²) in [6.45, 7) is 7.25. The fourth-order valence-electron chi connectivity index (χ4n) is 2.49. The summed E-state index contributed by atoms with van der Waals surface area (Å²) in [5, 5.41) is 2.83. The fraction of sp³-hybridized carbons (Fsp3) is 0.316. The van der Waals surface area contributed by atoms with Gasteiger partial charge in [-0.2, -0.15) is 0 Å². The van der Waals surface area contributed by atoms with E-state index in [0.29, 0.717) is 17.8 Å². The van der Waals surface area contributed by atoms with Gasteiger partial charge in [0.05, 0.1) is 4.90 Å². The van der Waals surface area contributed by atoms with Crippen molar-refractivity contribution in [2.45, 2.75) is 18.7 Å². The third-order valence-electron chi connectivity index (χ3n) is 4.04. The van der Waals surface area contributed by atoms with Gasteiger partial charge >= 0.3 is 0 Å². The number of benzene rings is 2. The molecular formula is C19H25N3O3S. The normalized spacial score (nSPS) is 11.3. The molecule has 0 atom stereocenters. The first-order chi connectivity index (χ1) is 12.5. The Morgan fingerprint density at radius 1 is 1.00 bits per heavy atom. The van der Waals surface area contributed by atoms with E-state index in [4.69, 9.17) is 0 Å². The third-order valence-corrected chi connectivity index (χ3v) is 5.42. The number of hydrogen-bond acceptors (Lipinski definition) is 4. The van der Waals surface area contributed by atoms with Crippen molar-refractivity contribution in [2.24, 2.45) is 0 Å². The highest BCUT2D eigenvalue weighted by molar-refractivity contribution is 7.92. The van der Waals surface area contributed by atoms with Crippen LogP contribution < -0.4 is 10.0 Å². The number of carbonyl (C=O) groups excluding carboxylic acids is 1. The van der Waals surface area contributed by atoms with E-state index in [1.165, 1.54) is 12.1 Å². The van der Waals surface area contributed by atoms with Gasteiger partial charge in [-0.25, -0.2) is 8.42 Å². The molecule has 0 aliphatic heterocycles. The molecule has 6 nitrogen and oxygen atoms in total. The highest BCUT2D eigenvalue weighted by Gasteiger charge is 2.16. The predicted octanol–water partition coefficient (Wildman–Crippen LogP) is 2.56. The van der Waals surface area contributed by atoms with Crippen molar-refractivity contribution in [1.82, 2.24) is 10.2 Å². The summed E-state index contributed by atoms with van der Waals surface area (Å²) >= 11 is 0. The Labute approximate surface area is 155 Å². The van der Waals surface area contributed by atoms with Crippen LogP contribution in [-0.2, 0) is 10.0 Å². The number of sulfonamides is 1. The van der Waals surface area contributed by atoms with E-state index in [-0.39, 0.29) is 10.8 Å². The number of amides is 1. The van der Waals surface area contributed by atoms with Gasteiger partial charge in [0.1, 0.15) is 0 Å². The van der Waals surface area contributed by atoms with Gasteiger partial charge in [0.2, 0.25) is 0 Å². The first-order valence-electron chi connectivity index (χ1n) is 8.64. The molecule has 140 valence electrons. The molecule has 0 radical (unpaired) electrons. The molecule has 0 unspecified atom stereocenters. The molecule has 0 aromatic heterocycles. The van der Waals surface area contributed by atoms with Gasteiger partial charge < -0.3 is 10.2 Å². The van der Waals surface area contributed by atoms with Gasteiger partial charge in [0.25, 0.3) is 15.9 Å². The van der Waals surface area contributed by atoms with E-state index >= 15 is 0 Å². The smallest absolute Gasteiger partial charge is 0.261 e. The molecule has 0 saturated carbocycles. The minimum Gasteiger partial charge on any atom is -0.351 e. The van der Waals surface area contributed by atoms with E-state index in [1.807, 2.05) is 0 Å². The van der Waals surface area contributed by atoms with Crippen LogP contribution in [0, 0.1) is 0 Å². The number of anilines is 1. The number of nitrogens with one attached hydrogen (secondary N) is 2. The SMILES string of the molecule is CCN(CC)CCNC(=O)c1cccc(S(=O)(=O)Nc2ccccc2)c1. The maximum absolute atomic E-state index is 12.5. The number of carbonyl (C=O) groups is 1. The Morgan fingerprint density at radius 3 is 2.35 bits per heavy atom. The lowest BCUT2D eigenvalue weighted by Crippen LogP contribution is -2.34. The zero-order valence-electron chi connectivity index (χ0n) is 15.1. The zero-order chi connectivity index (χ0) is 19.0. The van der Waals surface area contributed by atoms with E-state index < -0.39 is 10.0 Å². The standard InChI is InChI=1S/C19H25N3O3S/c1-3-22(4-2)14-13-20-19(23)16-9-8-12-18(15-16)26(24,25)21-17-10-6-5-7-11-17/h5-12,15,21H,3-4,13-14H2,1-2H3,(H,20,23). The summed E-state index contributed by atoms with van der Waals surface area (Å²) in [6, 6.07) is 14.7.